The highest BCUT2D eigenvalue weighted by atomic mass is 15.3. The lowest BCUT2D eigenvalue weighted by Gasteiger charge is -2.20. The molecule has 102 valence electrons. The van der Waals surface area contributed by atoms with Crippen molar-refractivity contribution in [2.24, 2.45) is 7.05 Å². The van der Waals surface area contributed by atoms with Crippen molar-refractivity contribution in [1.82, 2.24) is 15.1 Å². The van der Waals surface area contributed by atoms with Crippen LogP contribution in [0.25, 0.3) is 0 Å². The summed E-state index contributed by atoms with van der Waals surface area (Å²) in [5.41, 5.74) is 4.98. The van der Waals surface area contributed by atoms with Crippen LogP contribution in [0.2, 0.25) is 0 Å². The van der Waals surface area contributed by atoms with E-state index in [0.717, 1.165) is 5.69 Å². The van der Waals surface area contributed by atoms with Gasteiger partial charge in [-0.2, -0.15) is 5.10 Å². The van der Waals surface area contributed by atoms with Crippen molar-refractivity contribution in [2.75, 3.05) is 0 Å². The van der Waals surface area contributed by atoms with E-state index in [-0.39, 0.29) is 0 Å². The van der Waals surface area contributed by atoms with Crippen molar-refractivity contribution in [3.63, 3.8) is 0 Å². The molecule has 2 aromatic rings. The van der Waals surface area contributed by atoms with E-state index in [4.69, 9.17) is 0 Å². The molecule has 0 radical (unpaired) electrons. The number of aromatic nitrogens is 2. The van der Waals surface area contributed by atoms with Crippen molar-refractivity contribution in [1.29, 1.82) is 0 Å². The lowest BCUT2D eigenvalue weighted by atomic mass is 10.0. The van der Waals surface area contributed by atoms with Crippen LogP contribution < -0.4 is 5.32 Å². The van der Waals surface area contributed by atoms with Crippen LogP contribution in [0.3, 0.4) is 0 Å². The lowest BCUT2D eigenvalue weighted by molar-refractivity contribution is 0.493. The van der Waals surface area contributed by atoms with Crippen LogP contribution >= 0.6 is 0 Å². The molecule has 1 aromatic heterocycles. The first kappa shape index (κ1) is 13.8. The molecular weight excluding hydrogens is 234 g/mol. The molecule has 3 nitrogen and oxygen atoms in total. The molecule has 0 aliphatic rings. The number of aryl methyl sites for hydroxylation is 3. The van der Waals surface area contributed by atoms with Crippen LogP contribution in [0.4, 0.5) is 0 Å². The number of hydrogen-bond acceptors (Lipinski definition) is 2. The predicted molar refractivity (Wildman–Crippen MR) is 79.1 cm³/mol. The Morgan fingerprint density at radius 3 is 2.21 bits per heavy atom. The third-order valence-corrected chi connectivity index (χ3v) is 3.60. The fourth-order valence-corrected chi connectivity index (χ4v) is 2.46. The number of benzene rings is 1. The van der Waals surface area contributed by atoms with Crippen molar-refractivity contribution in [2.45, 2.75) is 39.8 Å². The van der Waals surface area contributed by atoms with Crippen LogP contribution in [0.5, 0.6) is 0 Å². The van der Waals surface area contributed by atoms with E-state index >= 15 is 0 Å². The monoisotopic (exact) mass is 257 g/mol. The average molecular weight is 257 g/mol. The minimum Gasteiger partial charge on any atom is -0.304 e. The van der Waals surface area contributed by atoms with Gasteiger partial charge in [0, 0.05) is 30.9 Å². The summed E-state index contributed by atoms with van der Waals surface area (Å²) >= 11 is 0. The van der Waals surface area contributed by atoms with E-state index in [1.807, 2.05) is 11.7 Å². The minimum absolute atomic E-state index is 0.296. The van der Waals surface area contributed by atoms with Gasteiger partial charge >= 0.3 is 0 Å². The van der Waals surface area contributed by atoms with Crippen molar-refractivity contribution in [3.05, 3.63) is 52.8 Å². The fourth-order valence-electron chi connectivity index (χ4n) is 2.46. The molecule has 2 rings (SSSR count). The smallest absolute Gasteiger partial charge is 0.0641 e. The Morgan fingerprint density at radius 1 is 1.05 bits per heavy atom. The molecule has 19 heavy (non-hydrogen) atoms. The maximum absolute atomic E-state index is 4.40. The molecule has 3 heteroatoms. The first-order valence-electron chi connectivity index (χ1n) is 6.80. The second kappa shape index (κ2) is 5.57. The van der Waals surface area contributed by atoms with E-state index in [9.17, 15) is 0 Å². The molecule has 0 spiro atoms. The van der Waals surface area contributed by atoms with E-state index < -0.39 is 0 Å². The summed E-state index contributed by atoms with van der Waals surface area (Å²) in [6.07, 6.45) is 2.09. The van der Waals surface area contributed by atoms with Gasteiger partial charge < -0.3 is 5.32 Å². The van der Waals surface area contributed by atoms with E-state index in [0.29, 0.717) is 12.1 Å². The Bertz CT molecular complexity index is 540. The highest BCUT2D eigenvalue weighted by Crippen LogP contribution is 2.21. The Balaban J connectivity index is 2.08. The zero-order chi connectivity index (χ0) is 14.0. The van der Waals surface area contributed by atoms with E-state index in [2.05, 4.69) is 68.6 Å². The zero-order valence-corrected chi connectivity index (χ0v) is 12.4. The van der Waals surface area contributed by atoms with Gasteiger partial charge in [0.25, 0.3) is 0 Å². The number of nitrogens with zero attached hydrogens (tertiary/aromatic N) is 2. The lowest BCUT2D eigenvalue weighted by Crippen LogP contribution is -2.22. The topological polar surface area (TPSA) is 29.9 Å². The molecule has 1 N–H and O–H groups in total. The van der Waals surface area contributed by atoms with Crippen molar-refractivity contribution in [3.8, 4) is 0 Å². The summed E-state index contributed by atoms with van der Waals surface area (Å²) < 4.78 is 1.87. The maximum atomic E-state index is 4.40. The molecule has 0 aliphatic carbocycles. The summed E-state index contributed by atoms with van der Waals surface area (Å²) in [4.78, 5) is 0. The molecule has 0 amide bonds. The largest absolute Gasteiger partial charge is 0.304 e. The van der Waals surface area contributed by atoms with Gasteiger partial charge in [-0.3, -0.25) is 4.68 Å². The van der Waals surface area contributed by atoms with Gasteiger partial charge in [-0.25, -0.2) is 0 Å². The zero-order valence-electron chi connectivity index (χ0n) is 12.4. The van der Waals surface area contributed by atoms with Crippen LogP contribution in [-0.4, -0.2) is 9.78 Å². The molecule has 1 heterocycles. The highest BCUT2D eigenvalue weighted by molar-refractivity contribution is 5.25. The van der Waals surface area contributed by atoms with E-state index in [1.54, 1.807) is 0 Å². The van der Waals surface area contributed by atoms with Gasteiger partial charge in [0.1, 0.15) is 0 Å². The number of nitrogens with one attached hydrogen (secondary N) is 1. The summed E-state index contributed by atoms with van der Waals surface area (Å²) in [7, 11) is 1.96. The van der Waals surface area contributed by atoms with Crippen molar-refractivity contribution >= 4 is 0 Å². The molecule has 0 fully saturated rings. The quantitative estimate of drug-likeness (QED) is 0.909. The average Bonchev–Trinajstić information content (AvgIpc) is 2.69. The fraction of sp³-hybridized carbons (Fsp3) is 0.438. The Kier molecular flexibility index (Phi) is 4.05. The van der Waals surface area contributed by atoms with E-state index in [1.165, 1.54) is 16.7 Å². The molecule has 2 atom stereocenters. The number of hydrogen-bond donors (Lipinski definition) is 1. The molecule has 1 aromatic carbocycles. The molecule has 0 saturated heterocycles. The second-order valence-corrected chi connectivity index (χ2v) is 5.36. The molecule has 1 unspecified atom stereocenters. The first-order chi connectivity index (χ1) is 8.97. The molecule has 0 saturated carbocycles. The Labute approximate surface area is 115 Å². The first-order valence-corrected chi connectivity index (χ1v) is 6.80. The predicted octanol–water partition coefficient (Wildman–Crippen LogP) is 3.45. The molecule has 0 aliphatic heterocycles. The van der Waals surface area contributed by atoms with Gasteiger partial charge in [-0.15, -0.1) is 0 Å². The Morgan fingerprint density at radius 2 is 1.68 bits per heavy atom. The van der Waals surface area contributed by atoms with Crippen LogP contribution in [0.15, 0.2) is 30.5 Å². The third kappa shape index (κ3) is 3.24. The minimum atomic E-state index is 0.296. The van der Waals surface area contributed by atoms with Gasteiger partial charge in [-0.1, -0.05) is 29.8 Å². The van der Waals surface area contributed by atoms with Gasteiger partial charge in [0.15, 0.2) is 0 Å². The summed E-state index contributed by atoms with van der Waals surface area (Å²) in [5.74, 6) is 0. The molecular formula is C16H23N3. The number of rotatable bonds is 4. The van der Waals surface area contributed by atoms with Gasteiger partial charge in [0.05, 0.1) is 5.69 Å². The van der Waals surface area contributed by atoms with Gasteiger partial charge in [0.2, 0.25) is 0 Å². The van der Waals surface area contributed by atoms with Crippen molar-refractivity contribution < 1.29 is 0 Å². The highest BCUT2D eigenvalue weighted by Gasteiger charge is 2.14. The van der Waals surface area contributed by atoms with Crippen LogP contribution in [0.1, 0.15) is 48.3 Å². The van der Waals surface area contributed by atoms with Crippen LogP contribution in [-0.2, 0) is 7.05 Å². The standard InChI is InChI=1S/C16H23N3/c1-11-6-8-15(9-7-11)12(2)17-13(3)16-10-19(5)18-14(16)4/h6-10,12-13,17H,1-5H3/t12-,13?/m0/s1. The maximum Gasteiger partial charge on any atom is 0.0641 e. The molecule has 0 bridgehead atoms. The third-order valence-electron chi connectivity index (χ3n) is 3.60. The normalized spacial score (nSPS) is 14.4. The SMILES string of the molecule is Cc1ccc([C@H](C)NC(C)c2cn(C)nc2C)cc1. The summed E-state index contributed by atoms with van der Waals surface area (Å²) in [6.45, 7) is 8.56. The second-order valence-electron chi connectivity index (χ2n) is 5.36. The van der Waals surface area contributed by atoms with Gasteiger partial charge in [-0.05, 0) is 33.3 Å². The summed E-state index contributed by atoms with van der Waals surface area (Å²) in [5, 5.41) is 8.03. The summed E-state index contributed by atoms with van der Waals surface area (Å²) in [6, 6.07) is 9.33. The Hall–Kier alpha value is -1.61. The van der Waals surface area contributed by atoms with Crippen LogP contribution in [0, 0.1) is 13.8 Å².